The van der Waals surface area contributed by atoms with Crippen molar-refractivity contribution in [1.29, 1.82) is 5.26 Å². The molecule has 1 heterocycles. The molecule has 1 amide bonds. The molecule has 0 bridgehead atoms. The zero-order valence-electron chi connectivity index (χ0n) is 11.7. The summed E-state index contributed by atoms with van der Waals surface area (Å²) in [5, 5.41) is 8.70. The molecule has 0 saturated carbocycles. The van der Waals surface area contributed by atoms with E-state index in [1.807, 2.05) is 19.9 Å². The molecule has 2 atom stereocenters. The second-order valence-corrected chi connectivity index (χ2v) is 4.98. The normalized spacial score (nSPS) is 22.1. The Bertz CT molecular complexity index is 497. The third-order valence-electron chi connectivity index (χ3n) is 3.12. The van der Waals surface area contributed by atoms with Gasteiger partial charge in [-0.15, -0.1) is 0 Å². The Hall–Kier alpha value is -2.06. The Morgan fingerprint density at radius 2 is 1.95 bits per heavy atom. The monoisotopic (exact) mass is 274 g/mol. The maximum atomic E-state index is 12.1. The molecule has 1 fully saturated rings. The van der Waals surface area contributed by atoms with Crippen LogP contribution in [0.1, 0.15) is 19.4 Å². The van der Waals surface area contributed by atoms with Crippen molar-refractivity contribution in [2.75, 3.05) is 19.7 Å². The van der Waals surface area contributed by atoms with E-state index in [9.17, 15) is 4.79 Å². The molecule has 0 aliphatic carbocycles. The van der Waals surface area contributed by atoms with Crippen LogP contribution in [0, 0.1) is 11.3 Å². The van der Waals surface area contributed by atoms with Crippen LogP contribution in [0.4, 0.5) is 0 Å². The van der Waals surface area contributed by atoms with Gasteiger partial charge in [0.15, 0.2) is 6.61 Å². The summed E-state index contributed by atoms with van der Waals surface area (Å²) in [5.41, 5.74) is 0.569. The topological polar surface area (TPSA) is 62.6 Å². The molecule has 0 N–H and O–H groups in total. The van der Waals surface area contributed by atoms with Crippen LogP contribution in [0.15, 0.2) is 24.3 Å². The fraction of sp³-hybridized carbons (Fsp3) is 0.467. The van der Waals surface area contributed by atoms with Crippen molar-refractivity contribution < 1.29 is 14.3 Å². The highest BCUT2D eigenvalue weighted by molar-refractivity contribution is 5.78. The summed E-state index contributed by atoms with van der Waals surface area (Å²) in [7, 11) is 0. The van der Waals surface area contributed by atoms with Gasteiger partial charge in [0.05, 0.1) is 23.8 Å². The van der Waals surface area contributed by atoms with Gasteiger partial charge < -0.3 is 14.4 Å². The number of ether oxygens (including phenoxy) is 2. The first-order valence-corrected chi connectivity index (χ1v) is 6.64. The summed E-state index contributed by atoms with van der Waals surface area (Å²) in [5.74, 6) is 0.545. The molecular weight excluding hydrogens is 256 g/mol. The van der Waals surface area contributed by atoms with Gasteiger partial charge in [0.1, 0.15) is 5.75 Å². The highest BCUT2D eigenvalue weighted by atomic mass is 16.5. The molecule has 1 saturated heterocycles. The predicted octanol–water partition coefficient (Wildman–Crippen LogP) is 1.57. The van der Waals surface area contributed by atoms with E-state index in [2.05, 4.69) is 0 Å². The molecule has 2 rings (SSSR count). The lowest BCUT2D eigenvalue weighted by molar-refractivity contribution is -0.145. The van der Waals surface area contributed by atoms with E-state index >= 15 is 0 Å². The quantitative estimate of drug-likeness (QED) is 0.839. The van der Waals surface area contributed by atoms with Crippen LogP contribution in [-0.2, 0) is 9.53 Å². The predicted molar refractivity (Wildman–Crippen MR) is 73.2 cm³/mol. The van der Waals surface area contributed by atoms with Crippen LogP contribution in [0.25, 0.3) is 0 Å². The number of carbonyl (C=O) groups excluding carboxylic acids is 1. The van der Waals surface area contributed by atoms with Crippen molar-refractivity contribution in [1.82, 2.24) is 4.90 Å². The Morgan fingerprint density at radius 1 is 1.35 bits per heavy atom. The Morgan fingerprint density at radius 3 is 2.50 bits per heavy atom. The van der Waals surface area contributed by atoms with Gasteiger partial charge in [-0.05, 0) is 38.1 Å². The fourth-order valence-corrected chi connectivity index (χ4v) is 2.24. The van der Waals surface area contributed by atoms with Gasteiger partial charge in [0.2, 0.25) is 0 Å². The Labute approximate surface area is 118 Å². The lowest BCUT2D eigenvalue weighted by Crippen LogP contribution is -2.49. The third kappa shape index (κ3) is 3.72. The van der Waals surface area contributed by atoms with Crippen LogP contribution in [-0.4, -0.2) is 42.7 Å². The minimum absolute atomic E-state index is 0.00530. The summed E-state index contributed by atoms with van der Waals surface area (Å²) < 4.78 is 11.0. The summed E-state index contributed by atoms with van der Waals surface area (Å²) in [4.78, 5) is 13.8. The van der Waals surface area contributed by atoms with Crippen LogP contribution < -0.4 is 4.74 Å². The first kappa shape index (κ1) is 14.4. The number of morpholine rings is 1. The average molecular weight is 274 g/mol. The van der Waals surface area contributed by atoms with Gasteiger partial charge in [-0.25, -0.2) is 0 Å². The minimum atomic E-state index is -0.0450. The lowest BCUT2D eigenvalue weighted by Gasteiger charge is -2.35. The second kappa shape index (κ2) is 6.40. The molecular formula is C15H18N2O3. The largest absolute Gasteiger partial charge is 0.484 e. The summed E-state index contributed by atoms with van der Waals surface area (Å²) in [6.07, 6.45) is 0.107. The van der Waals surface area contributed by atoms with E-state index in [1.165, 1.54) is 0 Å². The molecule has 106 valence electrons. The Kier molecular flexibility index (Phi) is 4.59. The van der Waals surface area contributed by atoms with E-state index < -0.39 is 0 Å². The van der Waals surface area contributed by atoms with Crippen molar-refractivity contribution >= 4 is 5.91 Å². The molecule has 1 aromatic carbocycles. The molecule has 0 aromatic heterocycles. The number of nitriles is 1. The van der Waals surface area contributed by atoms with Gasteiger partial charge >= 0.3 is 0 Å². The van der Waals surface area contributed by atoms with Gasteiger partial charge in [-0.3, -0.25) is 4.79 Å². The van der Waals surface area contributed by atoms with E-state index in [0.29, 0.717) is 24.4 Å². The van der Waals surface area contributed by atoms with E-state index in [-0.39, 0.29) is 24.7 Å². The molecule has 0 radical (unpaired) electrons. The van der Waals surface area contributed by atoms with E-state index in [1.54, 1.807) is 29.2 Å². The summed E-state index contributed by atoms with van der Waals surface area (Å²) in [6.45, 7) is 5.11. The van der Waals surface area contributed by atoms with Gasteiger partial charge in [-0.1, -0.05) is 0 Å². The van der Waals surface area contributed by atoms with Crippen LogP contribution in [0.3, 0.4) is 0 Å². The highest BCUT2D eigenvalue weighted by Gasteiger charge is 2.25. The number of benzene rings is 1. The molecule has 0 spiro atoms. The first-order valence-electron chi connectivity index (χ1n) is 6.64. The van der Waals surface area contributed by atoms with Crippen LogP contribution in [0.5, 0.6) is 5.75 Å². The van der Waals surface area contributed by atoms with E-state index in [4.69, 9.17) is 14.7 Å². The average Bonchev–Trinajstić information content (AvgIpc) is 2.44. The number of nitrogens with zero attached hydrogens (tertiary/aromatic N) is 2. The van der Waals surface area contributed by atoms with Gasteiger partial charge in [-0.2, -0.15) is 5.26 Å². The highest BCUT2D eigenvalue weighted by Crippen LogP contribution is 2.13. The summed E-state index contributed by atoms with van der Waals surface area (Å²) in [6, 6.07) is 8.75. The molecule has 1 aliphatic heterocycles. The van der Waals surface area contributed by atoms with Gasteiger partial charge in [0.25, 0.3) is 5.91 Å². The third-order valence-corrected chi connectivity index (χ3v) is 3.12. The molecule has 1 aliphatic rings. The van der Waals surface area contributed by atoms with Crippen molar-refractivity contribution in [2.45, 2.75) is 26.1 Å². The Balaban J connectivity index is 1.86. The minimum Gasteiger partial charge on any atom is -0.484 e. The van der Waals surface area contributed by atoms with Gasteiger partial charge in [0, 0.05) is 13.1 Å². The summed E-state index contributed by atoms with van der Waals surface area (Å²) >= 11 is 0. The smallest absolute Gasteiger partial charge is 0.260 e. The van der Waals surface area contributed by atoms with Crippen molar-refractivity contribution in [2.24, 2.45) is 0 Å². The van der Waals surface area contributed by atoms with Crippen molar-refractivity contribution in [3.05, 3.63) is 29.8 Å². The number of hydrogen-bond acceptors (Lipinski definition) is 4. The molecule has 5 heteroatoms. The maximum absolute atomic E-state index is 12.1. The van der Waals surface area contributed by atoms with E-state index in [0.717, 1.165) is 0 Å². The second-order valence-electron chi connectivity index (χ2n) is 4.98. The lowest BCUT2D eigenvalue weighted by atomic mass is 10.2. The van der Waals surface area contributed by atoms with Crippen LogP contribution >= 0.6 is 0 Å². The number of hydrogen-bond donors (Lipinski definition) is 0. The fourth-order valence-electron chi connectivity index (χ4n) is 2.24. The SMILES string of the molecule is C[C@@H]1CN(C(=O)COc2ccc(C#N)cc2)C[C@@H](C)O1. The number of amides is 1. The zero-order valence-corrected chi connectivity index (χ0v) is 11.7. The number of carbonyl (C=O) groups is 1. The molecule has 1 aromatic rings. The number of rotatable bonds is 3. The first-order chi connectivity index (χ1) is 9.58. The zero-order chi connectivity index (χ0) is 14.5. The van der Waals surface area contributed by atoms with Crippen molar-refractivity contribution in [3.63, 3.8) is 0 Å². The van der Waals surface area contributed by atoms with Crippen LogP contribution in [0.2, 0.25) is 0 Å². The molecule has 0 unspecified atom stereocenters. The van der Waals surface area contributed by atoms with Crippen molar-refractivity contribution in [3.8, 4) is 11.8 Å². The maximum Gasteiger partial charge on any atom is 0.260 e. The standard InChI is InChI=1S/C15H18N2O3/c1-11-8-17(9-12(2)20-11)15(18)10-19-14-5-3-13(7-16)4-6-14/h3-6,11-12H,8-10H2,1-2H3/t11-,12-/m1/s1. The molecule has 20 heavy (non-hydrogen) atoms. The molecule has 5 nitrogen and oxygen atoms in total.